The van der Waals surface area contributed by atoms with Gasteiger partial charge in [-0.1, -0.05) is 55.1 Å². The normalized spacial score (nSPS) is 12.7. The maximum absolute atomic E-state index is 6.15. The molecule has 27 heavy (non-hydrogen) atoms. The third-order valence-electron chi connectivity index (χ3n) is 4.20. The highest BCUT2D eigenvalue weighted by molar-refractivity contribution is 6.28. The van der Waals surface area contributed by atoms with Crippen molar-refractivity contribution in [2.24, 2.45) is 0 Å². The SMILES string of the molecule is C=C/C=c1\c(=C/C)oc2cc(-c3nc(Cl)nc(-c4ccccc4)n3)ccc12. The summed E-state index contributed by atoms with van der Waals surface area (Å²) in [6.45, 7) is 5.72. The molecule has 132 valence electrons. The lowest BCUT2D eigenvalue weighted by molar-refractivity contribution is 0.575. The molecule has 0 amide bonds. The average molecular weight is 374 g/mol. The fourth-order valence-electron chi connectivity index (χ4n) is 2.97. The topological polar surface area (TPSA) is 51.8 Å². The summed E-state index contributed by atoms with van der Waals surface area (Å²) in [5.41, 5.74) is 3.26. The first-order chi connectivity index (χ1) is 13.2. The van der Waals surface area contributed by atoms with Crippen LogP contribution in [0.15, 0.2) is 65.6 Å². The first-order valence-corrected chi connectivity index (χ1v) is 8.86. The monoisotopic (exact) mass is 373 g/mol. The van der Waals surface area contributed by atoms with Crippen molar-refractivity contribution in [2.45, 2.75) is 6.92 Å². The van der Waals surface area contributed by atoms with E-state index in [9.17, 15) is 0 Å². The Morgan fingerprint density at radius 1 is 0.963 bits per heavy atom. The summed E-state index contributed by atoms with van der Waals surface area (Å²) in [6, 6.07) is 15.6. The molecule has 4 rings (SSSR count). The number of fused-ring (bicyclic) bond motifs is 1. The molecule has 0 aliphatic rings. The predicted molar refractivity (Wildman–Crippen MR) is 110 cm³/mol. The molecule has 0 spiro atoms. The number of allylic oxidation sites excluding steroid dienone is 1. The summed E-state index contributed by atoms with van der Waals surface area (Å²) >= 11 is 6.15. The molecule has 4 nitrogen and oxygen atoms in total. The highest BCUT2D eigenvalue weighted by Crippen LogP contribution is 2.24. The number of nitrogens with zero attached hydrogens (tertiary/aromatic N) is 3. The van der Waals surface area contributed by atoms with E-state index in [1.165, 1.54) is 0 Å². The minimum absolute atomic E-state index is 0.154. The predicted octanol–water partition coefficient (Wildman–Crippen LogP) is 4.37. The second-order valence-corrected chi connectivity index (χ2v) is 6.24. The Labute approximate surface area is 161 Å². The number of furan rings is 1. The van der Waals surface area contributed by atoms with Gasteiger partial charge in [-0.05, 0) is 36.7 Å². The van der Waals surface area contributed by atoms with Crippen molar-refractivity contribution >= 4 is 34.7 Å². The number of halogens is 1. The molecular formula is C22H16ClN3O. The van der Waals surface area contributed by atoms with Crippen LogP contribution >= 0.6 is 11.6 Å². The van der Waals surface area contributed by atoms with Crippen molar-refractivity contribution in [3.8, 4) is 22.8 Å². The first-order valence-electron chi connectivity index (χ1n) is 8.48. The Morgan fingerprint density at radius 3 is 2.41 bits per heavy atom. The zero-order chi connectivity index (χ0) is 18.8. The van der Waals surface area contributed by atoms with Crippen LogP contribution in [-0.2, 0) is 0 Å². The summed E-state index contributed by atoms with van der Waals surface area (Å²) in [6.07, 6.45) is 5.62. The van der Waals surface area contributed by atoms with Crippen LogP contribution in [0.1, 0.15) is 6.92 Å². The molecule has 0 saturated heterocycles. The molecule has 0 radical (unpaired) electrons. The smallest absolute Gasteiger partial charge is 0.226 e. The minimum atomic E-state index is 0.154. The van der Waals surface area contributed by atoms with Gasteiger partial charge in [-0.25, -0.2) is 4.98 Å². The Bertz CT molecular complexity index is 1260. The largest absolute Gasteiger partial charge is 0.456 e. The standard InChI is InChI=1S/C22H16ClN3O/c1-3-8-16-17-12-11-15(13-19(17)27-18(16)4-2)21-24-20(25-22(23)26-21)14-9-6-5-7-10-14/h3-13H,1H2,2H3/b16-8-,18-4+. The first kappa shape index (κ1) is 17.2. The van der Waals surface area contributed by atoms with Gasteiger partial charge in [0.15, 0.2) is 11.6 Å². The third kappa shape index (κ3) is 3.27. The summed E-state index contributed by atoms with van der Waals surface area (Å²) in [7, 11) is 0. The van der Waals surface area contributed by atoms with Crippen molar-refractivity contribution < 1.29 is 4.42 Å². The maximum atomic E-state index is 6.15. The third-order valence-corrected chi connectivity index (χ3v) is 4.37. The van der Waals surface area contributed by atoms with Crippen LogP contribution in [0.5, 0.6) is 0 Å². The van der Waals surface area contributed by atoms with Gasteiger partial charge >= 0.3 is 0 Å². The summed E-state index contributed by atoms with van der Waals surface area (Å²) in [5, 5.41) is 2.17. The van der Waals surface area contributed by atoms with Crippen LogP contribution in [0.25, 0.3) is 45.9 Å². The number of aromatic nitrogens is 3. The number of hydrogen-bond acceptors (Lipinski definition) is 4. The molecule has 0 unspecified atom stereocenters. The van der Waals surface area contributed by atoms with E-state index in [1.807, 2.05) is 67.6 Å². The van der Waals surface area contributed by atoms with Gasteiger partial charge in [0.2, 0.25) is 5.28 Å². The highest BCUT2D eigenvalue weighted by atomic mass is 35.5. The van der Waals surface area contributed by atoms with Crippen LogP contribution in [0.2, 0.25) is 5.28 Å². The van der Waals surface area contributed by atoms with E-state index in [0.29, 0.717) is 11.6 Å². The van der Waals surface area contributed by atoms with Gasteiger partial charge in [-0.3, -0.25) is 0 Å². The van der Waals surface area contributed by atoms with Crippen LogP contribution < -0.4 is 10.6 Å². The quantitative estimate of drug-likeness (QED) is 0.535. The Hall–Kier alpha value is -3.24. The molecule has 2 aromatic heterocycles. The second kappa shape index (κ2) is 7.17. The van der Waals surface area contributed by atoms with Gasteiger partial charge in [-0.15, -0.1) is 0 Å². The van der Waals surface area contributed by atoms with Gasteiger partial charge in [-0.2, -0.15) is 9.97 Å². The highest BCUT2D eigenvalue weighted by Gasteiger charge is 2.11. The average Bonchev–Trinajstić information content (AvgIpc) is 3.05. The number of rotatable bonds is 3. The van der Waals surface area contributed by atoms with Crippen molar-refractivity contribution in [2.75, 3.05) is 0 Å². The number of benzene rings is 2. The van der Waals surface area contributed by atoms with Gasteiger partial charge in [0, 0.05) is 21.7 Å². The summed E-state index contributed by atoms with van der Waals surface area (Å²) in [5.74, 6) is 1.04. The molecule has 0 aliphatic carbocycles. The lowest BCUT2D eigenvalue weighted by Crippen LogP contribution is -2.18. The lowest BCUT2D eigenvalue weighted by atomic mass is 10.1. The van der Waals surface area contributed by atoms with Crippen molar-refractivity contribution in [3.05, 3.63) is 77.1 Å². The number of hydrogen-bond donors (Lipinski definition) is 0. The molecule has 5 heteroatoms. The zero-order valence-corrected chi connectivity index (χ0v) is 15.4. The Morgan fingerprint density at radius 2 is 1.70 bits per heavy atom. The summed E-state index contributed by atoms with van der Waals surface area (Å²) < 4.78 is 5.97. The molecule has 0 bridgehead atoms. The Balaban J connectivity index is 1.89. The van der Waals surface area contributed by atoms with E-state index >= 15 is 0 Å². The molecular weight excluding hydrogens is 358 g/mol. The molecule has 4 aromatic rings. The van der Waals surface area contributed by atoms with E-state index in [1.54, 1.807) is 6.08 Å². The van der Waals surface area contributed by atoms with Crippen LogP contribution in [0.3, 0.4) is 0 Å². The molecule has 2 heterocycles. The second-order valence-electron chi connectivity index (χ2n) is 5.90. The van der Waals surface area contributed by atoms with Gasteiger partial charge < -0.3 is 4.42 Å². The van der Waals surface area contributed by atoms with Gasteiger partial charge in [0.25, 0.3) is 0 Å². The Kier molecular flexibility index (Phi) is 4.57. The van der Waals surface area contributed by atoms with E-state index in [0.717, 1.165) is 32.7 Å². The zero-order valence-electron chi connectivity index (χ0n) is 14.7. The maximum Gasteiger partial charge on any atom is 0.226 e. The van der Waals surface area contributed by atoms with Crippen LogP contribution in [0, 0.1) is 0 Å². The molecule has 0 aliphatic heterocycles. The van der Waals surface area contributed by atoms with Crippen molar-refractivity contribution in [1.29, 1.82) is 0 Å². The van der Waals surface area contributed by atoms with E-state index in [-0.39, 0.29) is 5.28 Å². The van der Waals surface area contributed by atoms with Gasteiger partial charge in [0.1, 0.15) is 11.0 Å². The van der Waals surface area contributed by atoms with Gasteiger partial charge in [0.05, 0.1) is 0 Å². The van der Waals surface area contributed by atoms with Crippen molar-refractivity contribution in [1.82, 2.24) is 15.0 Å². The molecule has 0 N–H and O–H groups in total. The van der Waals surface area contributed by atoms with E-state index in [4.69, 9.17) is 16.0 Å². The van der Waals surface area contributed by atoms with Crippen LogP contribution in [-0.4, -0.2) is 15.0 Å². The fourth-order valence-corrected chi connectivity index (χ4v) is 3.13. The van der Waals surface area contributed by atoms with Crippen LogP contribution in [0.4, 0.5) is 0 Å². The van der Waals surface area contributed by atoms with Crippen molar-refractivity contribution in [3.63, 3.8) is 0 Å². The lowest BCUT2D eigenvalue weighted by Gasteiger charge is -2.04. The molecule has 0 fully saturated rings. The molecule has 0 atom stereocenters. The molecule has 0 saturated carbocycles. The van der Waals surface area contributed by atoms with E-state index < -0.39 is 0 Å². The minimum Gasteiger partial charge on any atom is -0.456 e. The molecule has 2 aromatic carbocycles. The van der Waals surface area contributed by atoms with E-state index in [2.05, 4.69) is 21.5 Å². The fraction of sp³-hybridized carbons (Fsp3) is 0.0455. The summed E-state index contributed by atoms with van der Waals surface area (Å²) in [4.78, 5) is 13.1.